The third-order valence-corrected chi connectivity index (χ3v) is 3.46. The molecule has 0 aromatic heterocycles. The molecule has 0 aliphatic rings. The number of rotatable bonds is 4. The number of hydrogen-bond acceptors (Lipinski definition) is 2. The summed E-state index contributed by atoms with van der Waals surface area (Å²) in [6.07, 6.45) is -0.597. The first-order chi connectivity index (χ1) is 9.47. The Morgan fingerprint density at radius 2 is 1.75 bits per heavy atom. The zero-order valence-electron chi connectivity index (χ0n) is 11.9. The summed E-state index contributed by atoms with van der Waals surface area (Å²) in [4.78, 5) is 0. The van der Waals surface area contributed by atoms with Gasteiger partial charge in [0.05, 0.1) is 6.10 Å². The number of benzene rings is 2. The van der Waals surface area contributed by atoms with Crippen LogP contribution in [0.3, 0.4) is 0 Å². The highest BCUT2D eigenvalue weighted by Gasteiger charge is 2.12. The molecule has 0 spiro atoms. The number of ether oxygens (including phenoxy) is 1. The van der Waals surface area contributed by atoms with Gasteiger partial charge < -0.3 is 9.84 Å². The van der Waals surface area contributed by atoms with Crippen molar-refractivity contribution >= 4 is 11.6 Å². The minimum absolute atomic E-state index is 0.108. The Balaban J connectivity index is 2.28. The van der Waals surface area contributed by atoms with Gasteiger partial charge >= 0.3 is 0 Å². The molecule has 1 atom stereocenters. The van der Waals surface area contributed by atoms with Gasteiger partial charge in [-0.2, -0.15) is 0 Å². The molecule has 106 valence electrons. The average Bonchev–Trinajstić information content (AvgIpc) is 2.40. The van der Waals surface area contributed by atoms with Crippen molar-refractivity contribution in [3.8, 4) is 5.75 Å². The van der Waals surface area contributed by atoms with Crippen LogP contribution in [-0.4, -0.2) is 11.2 Å². The van der Waals surface area contributed by atoms with E-state index in [-0.39, 0.29) is 6.10 Å². The molecule has 0 aliphatic heterocycles. The van der Waals surface area contributed by atoms with Crippen LogP contribution in [0.15, 0.2) is 42.5 Å². The van der Waals surface area contributed by atoms with Crippen LogP contribution in [0.4, 0.5) is 0 Å². The number of hydrogen-bond donors (Lipinski definition) is 1. The van der Waals surface area contributed by atoms with E-state index in [9.17, 15) is 5.11 Å². The van der Waals surface area contributed by atoms with Gasteiger partial charge in [0.25, 0.3) is 0 Å². The summed E-state index contributed by atoms with van der Waals surface area (Å²) in [5.41, 5.74) is 2.57. The lowest BCUT2D eigenvalue weighted by Crippen LogP contribution is -2.06. The van der Waals surface area contributed by atoms with E-state index in [4.69, 9.17) is 16.3 Å². The van der Waals surface area contributed by atoms with Crippen LogP contribution in [0.2, 0.25) is 5.02 Å². The van der Waals surface area contributed by atoms with Crippen LogP contribution >= 0.6 is 11.6 Å². The predicted octanol–water partition coefficient (Wildman–Crippen LogP) is 4.52. The van der Waals surface area contributed by atoms with E-state index in [1.165, 1.54) is 0 Å². The van der Waals surface area contributed by atoms with Crippen molar-refractivity contribution in [3.63, 3.8) is 0 Å². The summed E-state index contributed by atoms with van der Waals surface area (Å²) >= 11 is 6.11. The molecule has 2 nitrogen and oxygen atoms in total. The van der Waals surface area contributed by atoms with Crippen molar-refractivity contribution in [2.75, 3.05) is 0 Å². The quantitative estimate of drug-likeness (QED) is 0.897. The van der Waals surface area contributed by atoms with Crippen LogP contribution in [-0.2, 0) is 0 Å². The van der Waals surface area contributed by atoms with Crippen molar-refractivity contribution in [2.24, 2.45) is 0 Å². The summed E-state index contributed by atoms with van der Waals surface area (Å²) in [7, 11) is 0. The molecule has 0 bridgehead atoms. The zero-order chi connectivity index (χ0) is 14.7. The van der Waals surface area contributed by atoms with Gasteiger partial charge in [-0.05, 0) is 55.7 Å². The van der Waals surface area contributed by atoms with E-state index in [1.54, 1.807) is 6.07 Å². The molecule has 20 heavy (non-hydrogen) atoms. The minimum atomic E-state index is -0.705. The summed E-state index contributed by atoms with van der Waals surface area (Å²) in [6.45, 7) is 5.89. The Morgan fingerprint density at radius 3 is 2.40 bits per heavy atom. The van der Waals surface area contributed by atoms with Gasteiger partial charge in [0.1, 0.15) is 11.9 Å². The number of aliphatic hydroxyl groups excluding tert-OH is 1. The minimum Gasteiger partial charge on any atom is -0.491 e. The maximum Gasteiger partial charge on any atom is 0.120 e. The van der Waals surface area contributed by atoms with Gasteiger partial charge in [-0.25, -0.2) is 0 Å². The monoisotopic (exact) mass is 290 g/mol. The van der Waals surface area contributed by atoms with Gasteiger partial charge in [0.15, 0.2) is 0 Å². The molecule has 0 aliphatic carbocycles. The summed E-state index contributed by atoms with van der Waals surface area (Å²) in [5, 5.41) is 11.1. The van der Waals surface area contributed by atoms with Crippen LogP contribution < -0.4 is 4.74 Å². The molecule has 2 rings (SSSR count). The van der Waals surface area contributed by atoms with Crippen molar-refractivity contribution < 1.29 is 9.84 Å². The number of aryl methyl sites for hydroxylation is 1. The number of halogens is 1. The van der Waals surface area contributed by atoms with Crippen LogP contribution in [0.5, 0.6) is 5.75 Å². The van der Waals surface area contributed by atoms with E-state index in [0.717, 1.165) is 22.4 Å². The topological polar surface area (TPSA) is 29.5 Å². The first-order valence-corrected chi connectivity index (χ1v) is 7.06. The predicted molar refractivity (Wildman–Crippen MR) is 82.5 cm³/mol. The molecule has 0 saturated heterocycles. The first-order valence-electron chi connectivity index (χ1n) is 6.68. The van der Waals surface area contributed by atoms with Crippen LogP contribution in [0, 0.1) is 6.92 Å². The fourth-order valence-corrected chi connectivity index (χ4v) is 2.19. The molecule has 0 heterocycles. The first kappa shape index (κ1) is 14.9. The Hall–Kier alpha value is -1.51. The van der Waals surface area contributed by atoms with Crippen LogP contribution in [0.1, 0.15) is 36.6 Å². The third kappa shape index (κ3) is 3.53. The molecule has 1 N–H and O–H groups in total. The third-order valence-electron chi connectivity index (χ3n) is 3.06. The maximum atomic E-state index is 10.5. The van der Waals surface area contributed by atoms with E-state index in [1.807, 2.05) is 57.2 Å². The lowest BCUT2D eigenvalue weighted by molar-refractivity contribution is 0.216. The Kier molecular flexibility index (Phi) is 4.69. The zero-order valence-corrected chi connectivity index (χ0v) is 12.7. The van der Waals surface area contributed by atoms with Gasteiger partial charge in [-0.15, -0.1) is 0 Å². The second-order valence-corrected chi connectivity index (χ2v) is 5.56. The fourth-order valence-electron chi connectivity index (χ4n) is 2.00. The second kappa shape index (κ2) is 6.29. The molecule has 2 aromatic carbocycles. The van der Waals surface area contributed by atoms with Crippen molar-refractivity contribution in [1.82, 2.24) is 0 Å². The lowest BCUT2D eigenvalue weighted by atomic mass is 10.0. The van der Waals surface area contributed by atoms with E-state index < -0.39 is 6.10 Å². The van der Waals surface area contributed by atoms with Crippen molar-refractivity contribution in [2.45, 2.75) is 33.0 Å². The Labute approximate surface area is 125 Å². The largest absolute Gasteiger partial charge is 0.491 e. The maximum absolute atomic E-state index is 10.5. The Bertz CT molecular complexity index is 593. The molecule has 0 fully saturated rings. The summed E-state index contributed by atoms with van der Waals surface area (Å²) in [5.74, 6) is 0.759. The van der Waals surface area contributed by atoms with Crippen molar-refractivity contribution in [1.29, 1.82) is 0 Å². The smallest absolute Gasteiger partial charge is 0.120 e. The second-order valence-electron chi connectivity index (χ2n) is 5.15. The molecule has 1 unspecified atom stereocenters. The highest BCUT2D eigenvalue weighted by molar-refractivity contribution is 6.31. The van der Waals surface area contributed by atoms with Gasteiger partial charge in [-0.1, -0.05) is 35.9 Å². The normalized spacial score (nSPS) is 12.5. The van der Waals surface area contributed by atoms with Crippen LogP contribution in [0.25, 0.3) is 0 Å². The van der Waals surface area contributed by atoms with Gasteiger partial charge in [0.2, 0.25) is 0 Å². The number of aliphatic hydroxyl groups is 1. The molecule has 0 amide bonds. The standard InChI is InChI=1S/C17H19ClO2/c1-11(2)20-15-6-4-5-13(9-15)17(19)14-8-7-12(3)16(18)10-14/h4-11,17,19H,1-3H3. The Morgan fingerprint density at radius 1 is 1.05 bits per heavy atom. The molecule has 3 heteroatoms. The molecule has 0 saturated carbocycles. The summed E-state index contributed by atoms with van der Waals surface area (Å²) < 4.78 is 5.65. The van der Waals surface area contributed by atoms with E-state index >= 15 is 0 Å². The lowest BCUT2D eigenvalue weighted by Gasteiger charge is -2.15. The average molecular weight is 291 g/mol. The summed E-state index contributed by atoms with van der Waals surface area (Å²) in [6, 6.07) is 13.1. The van der Waals surface area contributed by atoms with E-state index in [0.29, 0.717) is 5.02 Å². The van der Waals surface area contributed by atoms with Gasteiger partial charge in [0, 0.05) is 5.02 Å². The molecular formula is C17H19ClO2. The molecule has 2 aromatic rings. The fraction of sp³-hybridized carbons (Fsp3) is 0.294. The molecular weight excluding hydrogens is 272 g/mol. The SMILES string of the molecule is Cc1ccc(C(O)c2cccc(OC(C)C)c2)cc1Cl. The highest BCUT2D eigenvalue weighted by Crippen LogP contribution is 2.28. The van der Waals surface area contributed by atoms with Gasteiger partial charge in [-0.3, -0.25) is 0 Å². The van der Waals surface area contributed by atoms with Crippen molar-refractivity contribution in [3.05, 3.63) is 64.2 Å². The highest BCUT2D eigenvalue weighted by atomic mass is 35.5. The molecule has 0 radical (unpaired) electrons. The van der Waals surface area contributed by atoms with E-state index in [2.05, 4.69) is 0 Å².